The Labute approximate surface area is 162 Å². The monoisotopic (exact) mass is 375 g/mol. The molecule has 2 aromatic heterocycles. The maximum atomic E-state index is 5.24. The lowest BCUT2D eigenvalue weighted by molar-refractivity contribution is 0.249. The van der Waals surface area contributed by atoms with E-state index < -0.39 is 0 Å². The number of hydrogen-bond donors (Lipinski definition) is 0. The first-order valence-electron chi connectivity index (χ1n) is 9.39. The molecule has 8 nitrogen and oxygen atoms in total. The van der Waals surface area contributed by atoms with Gasteiger partial charge in [-0.2, -0.15) is 0 Å². The van der Waals surface area contributed by atoms with Gasteiger partial charge in [0.1, 0.15) is 5.75 Å². The topological polar surface area (TPSA) is 71.7 Å². The van der Waals surface area contributed by atoms with Gasteiger partial charge in [-0.05, 0) is 28.1 Å². The second-order valence-corrected chi connectivity index (χ2v) is 6.97. The smallest absolute Gasteiger partial charge is 0.207 e. The molecule has 0 atom stereocenters. The van der Waals surface area contributed by atoms with Crippen LogP contribution < -0.4 is 9.64 Å². The summed E-state index contributed by atoms with van der Waals surface area (Å²) in [6.45, 7) is 4.74. The van der Waals surface area contributed by atoms with Crippen LogP contribution in [-0.4, -0.2) is 63.4 Å². The largest absolute Gasteiger partial charge is 0.497 e. The molecule has 8 heteroatoms. The molecule has 3 heterocycles. The Morgan fingerprint density at radius 3 is 2.43 bits per heavy atom. The van der Waals surface area contributed by atoms with E-state index in [2.05, 4.69) is 48.6 Å². The van der Waals surface area contributed by atoms with E-state index in [0.717, 1.165) is 55.1 Å². The van der Waals surface area contributed by atoms with Crippen LogP contribution in [0.2, 0.25) is 0 Å². The van der Waals surface area contributed by atoms with Gasteiger partial charge in [-0.1, -0.05) is 36.4 Å². The number of nitrogens with zero attached hydrogens (tertiary/aromatic N) is 7. The molecule has 0 radical (unpaired) electrons. The van der Waals surface area contributed by atoms with Crippen molar-refractivity contribution in [2.24, 2.45) is 0 Å². The van der Waals surface area contributed by atoms with Gasteiger partial charge in [-0.3, -0.25) is 4.90 Å². The van der Waals surface area contributed by atoms with Crippen molar-refractivity contribution in [1.29, 1.82) is 0 Å². The molecule has 1 aliphatic heterocycles. The third kappa shape index (κ3) is 3.01. The quantitative estimate of drug-likeness (QED) is 0.540. The number of fused-ring (bicyclic) bond motifs is 3. The first kappa shape index (κ1) is 16.9. The lowest BCUT2D eigenvalue weighted by Gasteiger charge is -2.35. The van der Waals surface area contributed by atoms with Gasteiger partial charge in [0.15, 0.2) is 5.82 Å². The molecule has 1 saturated heterocycles. The highest BCUT2D eigenvalue weighted by atomic mass is 16.5. The van der Waals surface area contributed by atoms with Crippen LogP contribution in [0.15, 0.2) is 48.5 Å². The van der Waals surface area contributed by atoms with Crippen LogP contribution in [0.3, 0.4) is 0 Å². The number of anilines is 1. The minimum absolute atomic E-state index is 0.692. The highest BCUT2D eigenvalue weighted by Gasteiger charge is 2.21. The van der Waals surface area contributed by atoms with Crippen LogP contribution >= 0.6 is 0 Å². The fraction of sp³-hybridized carbons (Fsp3) is 0.300. The van der Waals surface area contributed by atoms with Crippen LogP contribution in [0, 0.1) is 0 Å². The molecule has 2 aromatic carbocycles. The molecular formula is C20H21N7O. The van der Waals surface area contributed by atoms with E-state index in [4.69, 9.17) is 4.74 Å². The predicted octanol–water partition coefficient (Wildman–Crippen LogP) is 2.00. The van der Waals surface area contributed by atoms with Gasteiger partial charge >= 0.3 is 0 Å². The number of hydrogen-bond acceptors (Lipinski definition) is 7. The minimum Gasteiger partial charge on any atom is -0.497 e. The molecule has 0 saturated carbocycles. The molecular weight excluding hydrogens is 354 g/mol. The zero-order valence-electron chi connectivity index (χ0n) is 15.7. The number of aromatic nitrogens is 5. The van der Waals surface area contributed by atoms with Crippen LogP contribution in [0.5, 0.6) is 5.75 Å². The summed E-state index contributed by atoms with van der Waals surface area (Å²) in [7, 11) is 1.69. The summed E-state index contributed by atoms with van der Waals surface area (Å²) in [5.74, 6) is 1.84. The highest BCUT2D eigenvalue weighted by Crippen LogP contribution is 2.27. The van der Waals surface area contributed by atoms with Gasteiger partial charge in [-0.15, -0.1) is 14.8 Å². The third-order valence-corrected chi connectivity index (χ3v) is 5.29. The fourth-order valence-electron chi connectivity index (χ4n) is 3.77. The summed E-state index contributed by atoms with van der Waals surface area (Å²) in [5, 5.41) is 18.7. The fourth-order valence-corrected chi connectivity index (χ4v) is 3.77. The van der Waals surface area contributed by atoms with E-state index in [-0.39, 0.29) is 0 Å². The third-order valence-electron chi connectivity index (χ3n) is 5.29. The van der Waals surface area contributed by atoms with E-state index in [1.165, 1.54) is 10.2 Å². The van der Waals surface area contributed by atoms with Gasteiger partial charge in [0.05, 0.1) is 7.11 Å². The van der Waals surface area contributed by atoms with E-state index in [1.54, 1.807) is 7.11 Å². The summed E-state index contributed by atoms with van der Waals surface area (Å²) >= 11 is 0. The normalized spacial score (nSPS) is 15.4. The Bertz CT molecular complexity index is 1100. The van der Waals surface area contributed by atoms with Gasteiger partial charge < -0.3 is 9.64 Å². The molecule has 0 bridgehead atoms. The van der Waals surface area contributed by atoms with Crippen molar-refractivity contribution in [3.63, 3.8) is 0 Å². The van der Waals surface area contributed by atoms with Crippen LogP contribution in [-0.2, 0) is 6.54 Å². The first-order valence-corrected chi connectivity index (χ1v) is 9.39. The lowest BCUT2D eigenvalue weighted by atomic mass is 10.1. The van der Waals surface area contributed by atoms with Crippen molar-refractivity contribution >= 4 is 22.2 Å². The van der Waals surface area contributed by atoms with Gasteiger partial charge in [-0.25, -0.2) is 0 Å². The summed E-state index contributed by atoms with van der Waals surface area (Å²) < 4.78 is 6.77. The van der Waals surface area contributed by atoms with E-state index in [9.17, 15) is 0 Å². The zero-order valence-corrected chi connectivity index (χ0v) is 15.7. The van der Waals surface area contributed by atoms with Gasteiger partial charge in [0, 0.05) is 43.5 Å². The number of rotatable bonds is 4. The van der Waals surface area contributed by atoms with Crippen molar-refractivity contribution in [3.8, 4) is 5.75 Å². The Hall–Kier alpha value is -3.26. The summed E-state index contributed by atoms with van der Waals surface area (Å²) in [6.07, 6.45) is 0. The second kappa shape index (κ2) is 7.05. The average Bonchev–Trinajstić information content (AvgIpc) is 3.23. The molecule has 0 N–H and O–H groups in total. The van der Waals surface area contributed by atoms with Crippen LogP contribution in [0.25, 0.3) is 16.4 Å². The Balaban J connectivity index is 1.35. The summed E-state index contributed by atoms with van der Waals surface area (Å²) in [6, 6.07) is 16.5. The molecule has 28 heavy (non-hydrogen) atoms. The number of tetrazole rings is 1. The van der Waals surface area contributed by atoms with Crippen molar-refractivity contribution in [1.82, 2.24) is 30.2 Å². The standard InChI is InChI=1S/C20H21N7O/c1-28-16-8-6-15(7-9-16)14-25-10-12-26(13-11-25)20-18-5-3-2-4-17(18)19-21-23-24-27(19)22-20/h2-9H,10-14H2,1H3. The lowest BCUT2D eigenvalue weighted by Crippen LogP contribution is -2.46. The number of piperazine rings is 1. The predicted molar refractivity (Wildman–Crippen MR) is 107 cm³/mol. The van der Waals surface area contributed by atoms with Crippen LogP contribution in [0.1, 0.15) is 5.56 Å². The number of benzene rings is 2. The molecule has 1 aliphatic rings. The van der Waals surface area contributed by atoms with Crippen molar-refractivity contribution in [2.45, 2.75) is 6.54 Å². The number of ether oxygens (including phenoxy) is 1. The summed E-state index contributed by atoms with van der Waals surface area (Å²) in [5.41, 5.74) is 1.99. The molecule has 0 spiro atoms. The minimum atomic E-state index is 0.692. The van der Waals surface area contributed by atoms with Crippen molar-refractivity contribution in [3.05, 3.63) is 54.1 Å². The Kier molecular flexibility index (Phi) is 4.25. The second-order valence-electron chi connectivity index (χ2n) is 6.97. The molecule has 0 aliphatic carbocycles. The van der Waals surface area contributed by atoms with E-state index in [1.807, 2.05) is 30.3 Å². The molecule has 0 amide bonds. The molecule has 142 valence electrons. The molecule has 1 fully saturated rings. The van der Waals surface area contributed by atoms with Crippen molar-refractivity contribution < 1.29 is 4.74 Å². The van der Waals surface area contributed by atoms with Crippen LogP contribution in [0.4, 0.5) is 5.82 Å². The summed E-state index contributed by atoms with van der Waals surface area (Å²) in [4.78, 5) is 4.80. The maximum absolute atomic E-state index is 5.24. The first-order chi connectivity index (χ1) is 13.8. The zero-order chi connectivity index (χ0) is 18.9. The Morgan fingerprint density at radius 1 is 0.929 bits per heavy atom. The highest BCUT2D eigenvalue weighted by molar-refractivity contribution is 5.99. The van der Waals surface area contributed by atoms with Crippen molar-refractivity contribution in [2.75, 3.05) is 38.2 Å². The molecule has 0 unspecified atom stereocenters. The molecule has 5 rings (SSSR count). The SMILES string of the molecule is COc1ccc(CN2CCN(c3nn4nnnc4c4ccccc34)CC2)cc1. The molecule has 4 aromatic rings. The van der Waals surface area contributed by atoms with Gasteiger partial charge in [0.2, 0.25) is 5.65 Å². The van der Waals surface area contributed by atoms with E-state index >= 15 is 0 Å². The van der Waals surface area contributed by atoms with E-state index in [0.29, 0.717) is 5.65 Å². The Morgan fingerprint density at radius 2 is 1.68 bits per heavy atom. The maximum Gasteiger partial charge on any atom is 0.207 e. The average molecular weight is 375 g/mol. The van der Waals surface area contributed by atoms with Gasteiger partial charge in [0.25, 0.3) is 0 Å². The number of methoxy groups -OCH3 is 1.